The number of halogens is 1. The first-order valence-corrected chi connectivity index (χ1v) is 3.21. The normalized spacial score (nSPS) is 9.00. The maximum atomic E-state index is 10.5. The van der Waals surface area contributed by atoms with Crippen LogP contribution in [0.4, 0.5) is 0 Å². The first-order chi connectivity index (χ1) is 4.30. The number of carbonyl (C=O) groups is 1. The molecule has 0 amide bonds. The lowest BCUT2D eigenvalue weighted by molar-refractivity contribution is 0.109. The molecule has 0 aromatic carbocycles. The number of aromatic nitrogens is 1. The van der Waals surface area contributed by atoms with Gasteiger partial charge in [0.2, 0.25) is 4.69 Å². The van der Waals surface area contributed by atoms with Gasteiger partial charge < -0.3 is 0 Å². The molecule has 46 valence electrons. The van der Waals surface area contributed by atoms with Gasteiger partial charge in [-0.15, -0.1) is 0 Å². The van der Waals surface area contributed by atoms with Crippen molar-refractivity contribution >= 4 is 20.6 Å². The molecule has 1 heterocycles. The minimum absolute atomic E-state index is 0.178. The Bertz CT molecular complexity index is 210. The van der Waals surface area contributed by atoms with Crippen molar-refractivity contribution in [2.24, 2.45) is 0 Å². The van der Waals surface area contributed by atoms with Crippen LogP contribution in [0.1, 0.15) is 10.5 Å². The molecule has 1 aromatic heterocycles. The van der Waals surface area contributed by atoms with Gasteiger partial charge in [0.15, 0.2) is 0 Å². The van der Waals surface area contributed by atoms with Gasteiger partial charge >= 0.3 is 0 Å². The fourth-order valence-corrected chi connectivity index (χ4v) is 0.714. The van der Waals surface area contributed by atoms with E-state index in [1.807, 2.05) is 0 Å². The summed E-state index contributed by atoms with van der Waals surface area (Å²) in [5.74, 6) is 0. The summed E-state index contributed by atoms with van der Waals surface area (Å²) < 4.78 is -0.178. The SMILES string of the molecule is O=C(Br)c1ccccn1. The third-order valence-electron chi connectivity index (χ3n) is 0.866. The van der Waals surface area contributed by atoms with E-state index in [1.165, 1.54) is 0 Å². The van der Waals surface area contributed by atoms with Crippen LogP contribution in [0.2, 0.25) is 0 Å². The van der Waals surface area contributed by atoms with Crippen molar-refractivity contribution in [3.8, 4) is 0 Å². The Morgan fingerprint density at radius 3 is 2.67 bits per heavy atom. The topological polar surface area (TPSA) is 30.0 Å². The molecular weight excluding hydrogens is 182 g/mol. The highest BCUT2D eigenvalue weighted by Gasteiger charge is 1.97. The number of hydrogen-bond donors (Lipinski definition) is 0. The Morgan fingerprint density at radius 1 is 1.56 bits per heavy atom. The number of pyridine rings is 1. The van der Waals surface area contributed by atoms with Gasteiger partial charge in [0.05, 0.1) is 0 Å². The molecule has 1 aromatic rings. The number of carbonyl (C=O) groups excluding carboxylic acids is 1. The molecule has 0 aliphatic rings. The van der Waals surface area contributed by atoms with Crippen LogP contribution in [-0.4, -0.2) is 9.68 Å². The zero-order valence-electron chi connectivity index (χ0n) is 4.54. The van der Waals surface area contributed by atoms with Gasteiger partial charge in [-0.3, -0.25) is 9.78 Å². The molecule has 0 aliphatic carbocycles. The molecule has 1 rings (SSSR count). The summed E-state index contributed by atoms with van der Waals surface area (Å²) in [7, 11) is 0. The number of nitrogens with zero attached hydrogens (tertiary/aromatic N) is 1. The Labute approximate surface area is 61.0 Å². The highest BCUT2D eigenvalue weighted by Crippen LogP contribution is 1.98. The van der Waals surface area contributed by atoms with Gasteiger partial charge in [0, 0.05) is 6.20 Å². The maximum absolute atomic E-state index is 10.5. The van der Waals surface area contributed by atoms with Gasteiger partial charge in [0.25, 0.3) is 0 Å². The van der Waals surface area contributed by atoms with E-state index in [0.29, 0.717) is 5.69 Å². The van der Waals surface area contributed by atoms with Crippen LogP contribution >= 0.6 is 15.9 Å². The second-order valence-electron chi connectivity index (χ2n) is 1.49. The molecule has 0 radical (unpaired) electrons. The van der Waals surface area contributed by atoms with Crippen molar-refractivity contribution in [3.05, 3.63) is 30.1 Å². The Kier molecular flexibility index (Phi) is 1.95. The lowest BCUT2D eigenvalue weighted by Gasteiger charge is -1.86. The fourth-order valence-electron chi connectivity index (χ4n) is 0.479. The quantitative estimate of drug-likeness (QED) is 0.623. The van der Waals surface area contributed by atoms with Gasteiger partial charge in [0.1, 0.15) is 5.69 Å². The second-order valence-corrected chi connectivity index (χ2v) is 2.21. The lowest BCUT2D eigenvalue weighted by Crippen LogP contribution is -1.89. The van der Waals surface area contributed by atoms with Crippen molar-refractivity contribution in [3.63, 3.8) is 0 Å². The van der Waals surface area contributed by atoms with Crippen LogP contribution in [0.25, 0.3) is 0 Å². The van der Waals surface area contributed by atoms with Crippen molar-refractivity contribution < 1.29 is 4.79 Å². The smallest absolute Gasteiger partial charge is 0.246 e. The number of hydrogen-bond acceptors (Lipinski definition) is 2. The van der Waals surface area contributed by atoms with Crippen LogP contribution in [-0.2, 0) is 0 Å². The molecule has 0 saturated carbocycles. The standard InChI is InChI=1S/C6H4BrNO/c7-6(9)5-3-1-2-4-8-5/h1-4H. The third kappa shape index (κ3) is 1.61. The highest BCUT2D eigenvalue weighted by atomic mass is 79.9. The first-order valence-electron chi connectivity index (χ1n) is 2.41. The van der Waals surface area contributed by atoms with E-state index in [1.54, 1.807) is 24.4 Å². The molecule has 0 spiro atoms. The molecule has 0 saturated heterocycles. The van der Waals surface area contributed by atoms with E-state index in [4.69, 9.17) is 0 Å². The summed E-state index contributed by atoms with van der Waals surface area (Å²) in [6, 6.07) is 5.18. The van der Waals surface area contributed by atoms with Crippen LogP contribution < -0.4 is 0 Å². The minimum Gasteiger partial charge on any atom is -0.279 e. The maximum Gasteiger partial charge on any atom is 0.246 e. The summed E-state index contributed by atoms with van der Waals surface area (Å²) in [5.41, 5.74) is 0.442. The molecule has 0 fully saturated rings. The predicted molar refractivity (Wildman–Crippen MR) is 37.5 cm³/mol. The van der Waals surface area contributed by atoms with E-state index in [-0.39, 0.29) is 4.69 Å². The van der Waals surface area contributed by atoms with E-state index in [9.17, 15) is 4.79 Å². The molecular formula is C6H4BrNO. The average molecular weight is 186 g/mol. The molecule has 0 bridgehead atoms. The van der Waals surface area contributed by atoms with Gasteiger partial charge in [-0.25, -0.2) is 0 Å². The van der Waals surface area contributed by atoms with Crippen molar-refractivity contribution in [1.82, 2.24) is 4.98 Å². The molecule has 9 heavy (non-hydrogen) atoms. The lowest BCUT2D eigenvalue weighted by atomic mass is 10.4. The predicted octanol–water partition coefficient (Wildman–Crippen LogP) is 1.62. The zero-order valence-corrected chi connectivity index (χ0v) is 6.13. The Morgan fingerprint density at radius 2 is 2.33 bits per heavy atom. The molecule has 0 atom stereocenters. The fraction of sp³-hybridized carbons (Fsp3) is 0. The van der Waals surface area contributed by atoms with Crippen LogP contribution in [0.5, 0.6) is 0 Å². The van der Waals surface area contributed by atoms with E-state index < -0.39 is 0 Å². The molecule has 0 unspecified atom stereocenters. The van der Waals surface area contributed by atoms with Gasteiger partial charge in [-0.05, 0) is 28.1 Å². The third-order valence-corrected chi connectivity index (χ3v) is 1.27. The average Bonchev–Trinajstić information content (AvgIpc) is 1.90. The van der Waals surface area contributed by atoms with Crippen LogP contribution in [0, 0.1) is 0 Å². The zero-order chi connectivity index (χ0) is 6.69. The summed E-state index contributed by atoms with van der Waals surface area (Å²) in [5, 5.41) is 0. The monoisotopic (exact) mass is 185 g/mol. The number of rotatable bonds is 1. The highest BCUT2D eigenvalue weighted by molar-refractivity contribution is 9.18. The van der Waals surface area contributed by atoms with Gasteiger partial charge in [-0.2, -0.15) is 0 Å². The summed E-state index contributed by atoms with van der Waals surface area (Å²) in [4.78, 5) is 14.3. The first kappa shape index (κ1) is 6.42. The van der Waals surface area contributed by atoms with Crippen LogP contribution in [0.3, 0.4) is 0 Å². The van der Waals surface area contributed by atoms with Crippen molar-refractivity contribution in [1.29, 1.82) is 0 Å². The largest absolute Gasteiger partial charge is 0.279 e. The summed E-state index contributed by atoms with van der Waals surface area (Å²) >= 11 is 2.78. The molecule has 0 aliphatic heterocycles. The van der Waals surface area contributed by atoms with E-state index >= 15 is 0 Å². The van der Waals surface area contributed by atoms with Gasteiger partial charge in [-0.1, -0.05) is 6.07 Å². The van der Waals surface area contributed by atoms with Crippen molar-refractivity contribution in [2.75, 3.05) is 0 Å². The van der Waals surface area contributed by atoms with Crippen LogP contribution in [0.15, 0.2) is 24.4 Å². The summed E-state index contributed by atoms with van der Waals surface area (Å²) in [6.45, 7) is 0. The Balaban J connectivity index is 2.98. The molecule has 2 nitrogen and oxygen atoms in total. The van der Waals surface area contributed by atoms with Crippen molar-refractivity contribution in [2.45, 2.75) is 0 Å². The van der Waals surface area contributed by atoms with E-state index in [0.717, 1.165) is 0 Å². The Hall–Kier alpha value is -0.700. The molecule has 3 heteroatoms. The summed E-state index contributed by atoms with van der Waals surface area (Å²) in [6.07, 6.45) is 1.58. The molecule has 0 N–H and O–H groups in total. The minimum atomic E-state index is -0.178. The second kappa shape index (κ2) is 2.73. The van der Waals surface area contributed by atoms with E-state index in [2.05, 4.69) is 20.9 Å².